The van der Waals surface area contributed by atoms with E-state index in [1.165, 1.54) is 49.7 Å². The highest BCUT2D eigenvalue weighted by Crippen LogP contribution is 2.30. The van der Waals surface area contributed by atoms with E-state index in [4.69, 9.17) is 4.74 Å². The van der Waals surface area contributed by atoms with Crippen molar-refractivity contribution in [2.45, 2.75) is 24.2 Å². The predicted octanol–water partition coefficient (Wildman–Crippen LogP) is 4.45. The molecule has 1 N–H and O–H groups in total. The third-order valence-electron chi connectivity index (χ3n) is 7.52. The van der Waals surface area contributed by atoms with E-state index in [2.05, 4.69) is 9.71 Å². The summed E-state index contributed by atoms with van der Waals surface area (Å²) in [5.41, 5.74) is 0.719. The van der Waals surface area contributed by atoms with Crippen molar-refractivity contribution >= 4 is 38.4 Å². The van der Waals surface area contributed by atoms with Crippen molar-refractivity contribution in [3.63, 3.8) is 0 Å². The number of nitrogens with one attached hydrogen (secondary N) is 1. The Hall–Kier alpha value is -4.51. The van der Waals surface area contributed by atoms with E-state index in [1.807, 2.05) is 0 Å². The highest BCUT2D eigenvalue weighted by atomic mass is 32.2. The fourth-order valence-electron chi connectivity index (χ4n) is 5.10. The van der Waals surface area contributed by atoms with Crippen LogP contribution in [0.25, 0.3) is 10.9 Å². The van der Waals surface area contributed by atoms with Crippen LogP contribution in [0.2, 0.25) is 0 Å². The maximum Gasteiger partial charge on any atom is 0.264 e. The first-order chi connectivity index (χ1) is 20.0. The van der Waals surface area contributed by atoms with E-state index >= 15 is 0 Å². The molecule has 0 bridgehead atoms. The molecule has 0 atom stereocenters. The van der Waals surface area contributed by atoms with Crippen molar-refractivity contribution in [3.05, 3.63) is 95.9 Å². The number of ether oxygens (including phenoxy) is 1. The van der Waals surface area contributed by atoms with Crippen molar-refractivity contribution in [3.8, 4) is 5.75 Å². The summed E-state index contributed by atoms with van der Waals surface area (Å²) in [7, 11) is -2.58. The van der Waals surface area contributed by atoms with Gasteiger partial charge in [0.15, 0.2) is 0 Å². The zero-order valence-electron chi connectivity index (χ0n) is 23.5. The van der Waals surface area contributed by atoms with Gasteiger partial charge in [-0.25, -0.2) is 12.8 Å². The topological polar surface area (TPSA) is 109 Å². The number of para-hydroxylation sites is 1. The Balaban J connectivity index is 1.28. The Morgan fingerprint density at radius 1 is 0.929 bits per heavy atom. The number of nitrogens with zero attached hydrogens (tertiary/aromatic N) is 3. The lowest BCUT2D eigenvalue weighted by Gasteiger charge is -2.39. The van der Waals surface area contributed by atoms with Crippen molar-refractivity contribution in [2.75, 3.05) is 38.0 Å². The van der Waals surface area contributed by atoms with E-state index in [1.54, 1.807) is 60.0 Å². The van der Waals surface area contributed by atoms with Gasteiger partial charge in [0.1, 0.15) is 16.5 Å². The van der Waals surface area contributed by atoms with Crippen LogP contribution in [0, 0.1) is 5.82 Å². The number of fused-ring (bicyclic) bond motifs is 1. The smallest absolute Gasteiger partial charge is 0.264 e. The van der Waals surface area contributed by atoms with E-state index in [0.717, 1.165) is 0 Å². The number of amides is 2. The molecule has 0 unspecified atom stereocenters. The molecule has 3 aromatic carbocycles. The molecule has 42 heavy (non-hydrogen) atoms. The number of benzene rings is 3. The van der Waals surface area contributed by atoms with E-state index in [0.29, 0.717) is 42.6 Å². The minimum atomic E-state index is -3.99. The summed E-state index contributed by atoms with van der Waals surface area (Å²) < 4.78 is 47.9. The molecule has 0 aliphatic carbocycles. The van der Waals surface area contributed by atoms with Crippen molar-refractivity contribution in [2.24, 2.45) is 0 Å². The SMILES string of the molecule is COc1cc(NS(=O)(=O)c2cccc3cccnc23)ccc1C(=O)N1CCN(C(=O)C(C)(C)c2ccc(F)cc2)CC1. The Bertz CT molecular complexity index is 1750. The van der Waals surface area contributed by atoms with Gasteiger partial charge in [-0.1, -0.05) is 30.3 Å². The van der Waals surface area contributed by atoms with Crippen molar-refractivity contribution in [1.82, 2.24) is 14.8 Å². The third kappa shape index (κ3) is 5.64. The van der Waals surface area contributed by atoms with Crippen LogP contribution in [-0.4, -0.2) is 68.3 Å². The predicted molar refractivity (Wildman–Crippen MR) is 157 cm³/mol. The van der Waals surface area contributed by atoms with Crippen LogP contribution < -0.4 is 9.46 Å². The van der Waals surface area contributed by atoms with Gasteiger partial charge in [0.05, 0.1) is 29.3 Å². The monoisotopic (exact) mass is 590 g/mol. The zero-order valence-corrected chi connectivity index (χ0v) is 24.3. The summed E-state index contributed by atoms with van der Waals surface area (Å²) in [5, 5.41) is 0.694. The van der Waals surface area contributed by atoms with Gasteiger partial charge < -0.3 is 14.5 Å². The zero-order chi connectivity index (χ0) is 30.1. The number of hydrogen-bond acceptors (Lipinski definition) is 6. The van der Waals surface area contributed by atoms with E-state index in [9.17, 15) is 22.4 Å². The van der Waals surface area contributed by atoms with Crippen LogP contribution in [0.1, 0.15) is 29.8 Å². The molecule has 4 aromatic rings. The molecule has 11 heteroatoms. The number of piperazine rings is 1. The van der Waals surface area contributed by atoms with Crippen molar-refractivity contribution < 1.29 is 27.1 Å². The van der Waals surface area contributed by atoms with Crippen LogP contribution in [0.4, 0.5) is 10.1 Å². The molecule has 2 amide bonds. The van der Waals surface area contributed by atoms with Crippen LogP contribution >= 0.6 is 0 Å². The summed E-state index contributed by atoms with van der Waals surface area (Å²) in [4.78, 5) is 34.4. The van der Waals surface area contributed by atoms with Crippen LogP contribution in [0.15, 0.2) is 83.9 Å². The number of methoxy groups -OCH3 is 1. The maximum absolute atomic E-state index is 13.4. The van der Waals surface area contributed by atoms with Crippen LogP contribution in [0.3, 0.4) is 0 Å². The van der Waals surface area contributed by atoms with Gasteiger partial charge in [-0.2, -0.15) is 0 Å². The average Bonchev–Trinajstić information content (AvgIpc) is 3.00. The minimum absolute atomic E-state index is 0.0368. The number of hydrogen-bond donors (Lipinski definition) is 1. The Morgan fingerprint density at radius 3 is 2.29 bits per heavy atom. The highest BCUT2D eigenvalue weighted by molar-refractivity contribution is 7.93. The molecule has 1 aliphatic heterocycles. The molecular formula is C31H31FN4O5S. The van der Waals surface area contributed by atoms with Crippen molar-refractivity contribution in [1.29, 1.82) is 0 Å². The molecule has 9 nitrogen and oxygen atoms in total. The Kier molecular flexibility index (Phi) is 7.87. The van der Waals surface area contributed by atoms with Crippen LogP contribution in [0.5, 0.6) is 5.75 Å². The number of sulfonamides is 1. The molecule has 0 spiro atoms. The van der Waals surface area contributed by atoms with Gasteiger partial charge in [0, 0.05) is 43.8 Å². The molecule has 0 saturated carbocycles. The third-order valence-corrected chi connectivity index (χ3v) is 8.94. The molecule has 1 fully saturated rings. The standard InChI is InChI=1S/C31H31FN4O5S/c1-31(2,22-9-11-23(32)12-10-22)30(38)36-18-16-35(17-19-36)29(37)25-14-13-24(20-26(25)41-3)34-42(39,40)27-8-4-6-21-7-5-15-33-28(21)27/h4-15,20,34H,16-19H2,1-3H3. The first-order valence-corrected chi connectivity index (χ1v) is 14.9. The van der Waals surface area contributed by atoms with Crippen LogP contribution in [-0.2, 0) is 20.2 Å². The number of carbonyl (C=O) groups is 2. The number of anilines is 1. The van der Waals surface area contributed by atoms with Gasteiger partial charge in [-0.15, -0.1) is 0 Å². The molecule has 1 aromatic heterocycles. The molecule has 2 heterocycles. The maximum atomic E-state index is 13.4. The second-order valence-corrected chi connectivity index (χ2v) is 12.2. The lowest BCUT2D eigenvalue weighted by Crippen LogP contribution is -2.54. The second kappa shape index (κ2) is 11.4. The molecule has 218 valence electrons. The lowest BCUT2D eigenvalue weighted by atomic mass is 9.83. The number of rotatable bonds is 7. The highest BCUT2D eigenvalue weighted by Gasteiger charge is 2.36. The quantitative estimate of drug-likeness (QED) is 0.341. The summed E-state index contributed by atoms with van der Waals surface area (Å²) in [6.07, 6.45) is 1.53. The Morgan fingerprint density at radius 2 is 1.60 bits per heavy atom. The minimum Gasteiger partial charge on any atom is -0.496 e. The number of carbonyl (C=O) groups excluding carboxylic acids is 2. The van der Waals surface area contributed by atoms with Gasteiger partial charge >= 0.3 is 0 Å². The fourth-order valence-corrected chi connectivity index (χ4v) is 6.33. The summed E-state index contributed by atoms with van der Waals surface area (Å²) in [5.74, 6) is -0.537. The second-order valence-electron chi connectivity index (χ2n) is 10.6. The Labute approximate surface area is 244 Å². The number of halogens is 1. The summed E-state index contributed by atoms with van der Waals surface area (Å²) in [6, 6.07) is 18.8. The molecule has 1 saturated heterocycles. The molecule has 1 aliphatic rings. The van der Waals surface area contributed by atoms with Gasteiger partial charge in [0.25, 0.3) is 15.9 Å². The largest absolute Gasteiger partial charge is 0.496 e. The van der Waals surface area contributed by atoms with Gasteiger partial charge in [-0.3, -0.25) is 19.3 Å². The fraction of sp³-hybridized carbons (Fsp3) is 0.258. The van der Waals surface area contributed by atoms with E-state index < -0.39 is 15.4 Å². The first kappa shape index (κ1) is 29.0. The number of pyridine rings is 1. The number of aromatic nitrogens is 1. The average molecular weight is 591 g/mol. The molecular weight excluding hydrogens is 559 g/mol. The molecule has 0 radical (unpaired) electrons. The van der Waals surface area contributed by atoms with Gasteiger partial charge in [0.2, 0.25) is 5.91 Å². The van der Waals surface area contributed by atoms with Gasteiger partial charge in [-0.05, 0) is 55.8 Å². The molecule has 5 rings (SSSR count). The van der Waals surface area contributed by atoms with E-state index in [-0.39, 0.29) is 39.5 Å². The summed E-state index contributed by atoms with van der Waals surface area (Å²) in [6.45, 7) is 4.92. The first-order valence-electron chi connectivity index (χ1n) is 13.4. The normalized spacial score (nSPS) is 14.1. The lowest BCUT2D eigenvalue weighted by molar-refractivity contribution is -0.137. The summed E-state index contributed by atoms with van der Waals surface area (Å²) >= 11 is 0.